The number of anilines is 7. The van der Waals surface area contributed by atoms with E-state index in [-0.39, 0.29) is 11.2 Å². The molecule has 0 bridgehead atoms. The molecule has 0 fully saturated rings. The predicted molar refractivity (Wildman–Crippen MR) is 243 cm³/mol. The molecule has 8 aromatic rings. The van der Waals surface area contributed by atoms with Gasteiger partial charge in [-0.2, -0.15) is 0 Å². The van der Waals surface area contributed by atoms with Gasteiger partial charge in [-0.05, 0) is 96.1 Å². The summed E-state index contributed by atoms with van der Waals surface area (Å²) in [6.45, 7) is 12.6. The van der Waals surface area contributed by atoms with E-state index >= 15 is 0 Å². The van der Waals surface area contributed by atoms with Gasteiger partial charge in [0, 0.05) is 62.8 Å². The molecule has 0 N–H and O–H groups in total. The van der Waals surface area contributed by atoms with E-state index in [2.05, 4.69) is 175 Å². The molecule has 2 aliphatic rings. The monoisotopic (exact) mass is 750 g/mol. The van der Waals surface area contributed by atoms with Gasteiger partial charge < -0.3 is 19.3 Å². The summed E-state index contributed by atoms with van der Waals surface area (Å²) < 4.78 is 2.36. The lowest BCUT2D eigenvalue weighted by atomic mass is 9.68. The average Bonchev–Trinajstić information content (AvgIpc) is 3.59. The van der Waals surface area contributed by atoms with E-state index in [1.165, 1.54) is 10.8 Å². The first-order chi connectivity index (χ1) is 28.3. The molecular formula is C53H42N4O. The van der Waals surface area contributed by atoms with E-state index in [0.717, 1.165) is 84.5 Å². The lowest BCUT2D eigenvalue weighted by Crippen LogP contribution is -2.31. The van der Waals surface area contributed by atoms with Crippen molar-refractivity contribution in [2.24, 2.45) is 0 Å². The number of fused-ring (bicyclic) bond motifs is 7. The minimum absolute atomic E-state index is 0.0511. The highest BCUT2D eigenvalue weighted by Crippen LogP contribution is 2.55. The molecule has 10 rings (SSSR count). The lowest BCUT2D eigenvalue weighted by Gasteiger charge is -2.40. The number of benzene rings is 7. The van der Waals surface area contributed by atoms with Crippen LogP contribution in [-0.2, 0) is 5.41 Å². The van der Waals surface area contributed by atoms with Crippen molar-refractivity contribution in [3.8, 4) is 5.69 Å². The van der Waals surface area contributed by atoms with Crippen LogP contribution in [0.1, 0.15) is 40.9 Å². The molecule has 1 aromatic heterocycles. The maximum absolute atomic E-state index is 14.5. The number of hydrogen-bond acceptors (Lipinski definition) is 4. The number of carbonyl (C=O) groups excluding carboxylic acids is 1. The lowest BCUT2D eigenvalue weighted by molar-refractivity contribution is 0.103. The molecule has 0 spiro atoms. The molecule has 0 unspecified atom stereocenters. The summed E-state index contributed by atoms with van der Waals surface area (Å²) in [4.78, 5) is 21.3. The van der Waals surface area contributed by atoms with Crippen molar-refractivity contribution in [1.29, 1.82) is 0 Å². The first kappa shape index (κ1) is 35.1. The molecule has 0 saturated carbocycles. The number of carbonyl (C=O) groups is 1. The zero-order valence-corrected chi connectivity index (χ0v) is 32.9. The van der Waals surface area contributed by atoms with E-state index in [4.69, 9.17) is 0 Å². The summed E-state index contributed by atoms with van der Waals surface area (Å²) in [5.74, 6) is 0.0511. The van der Waals surface area contributed by atoms with E-state index in [0.29, 0.717) is 0 Å². The Kier molecular flexibility index (Phi) is 8.10. The molecule has 2 heterocycles. The van der Waals surface area contributed by atoms with Crippen LogP contribution in [0, 0.1) is 0 Å². The third-order valence-corrected chi connectivity index (χ3v) is 12.0. The number of nitrogens with zero attached hydrogens (tertiary/aromatic N) is 4. The number of allylic oxidation sites excluding steroid dienone is 3. The number of ketones is 1. The van der Waals surface area contributed by atoms with Crippen LogP contribution >= 0.6 is 0 Å². The fraction of sp³-hybridized carbons (Fsp3) is 0.0755. The van der Waals surface area contributed by atoms with E-state index < -0.39 is 0 Å². The molecule has 280 valence electrons. The number of para-hydroxylation sites is 3. The number of hydrogen-bond donors (Lipinski definition) is 0. The van der Waals surface area contributed by atoms with Crippen LogP contribution in [0.2, 0.25) is 0 Å². The Bertz CT molecular complexity index is 3010. The summed E-state index contributed by atoms with van der Waals surface area (Å²) in [5.41, 5.74) is 14.4. The smallest absolute Gasteiger partial charge is 0.193 e. The van der Waals surface area contributed by atoms with Crippen LogP contribution in [0.4, 0.5) is 39.8 Å². The van der Waals surface area contributed by atoms with Crippen molar-refractivity contribution in [3.05, 3.63) is 217 Å². The molecule has 0 saturated heterocycles. The Hall–Kier alpha value is -7.37. The maximum Gasteiger partial charge on any atom is 0.193 e. The highest BCUT2D eigenvalue weighted by Gasteiger charge is 2.38. The summed E-state index contributed by atoms with van der Waals surface area (Å²) in [6, 6.07) is 55.3. The van der Waals surface area contributed by atoms with Crippen molar-refractivity contribution in [1.82, 2.24) is 4.57 Å². The van der Waals surface area contributed by atoms with Crippen LogP contribution in [0.25, 0.3) is 27.5 Å². The molecule has 0 radical (unpaired) electrons. The minimum Gasteiger partial charge on any atom is -0.341 e. The van der Waals surface area contributed by atoms with Crippen molar-refractivity contribution in [2.75, 3.05) is 21.7 Å². The second-order valence-electron chi connectivity index (χ2n) is 15.5. The van der Waals surface area contributed by atoms with Crippen LogP contribution in [-0.4, -0.2) is 17.4 Å². The van der Waals surface area contributed by atoms with Gasteiger partial charge in [0.15, 0.2) is 5.78 Å². The van der Waals surface area contributed by atoms with Gasteiger partial charge in [-0.3, -0.25) is 4.79 Å². The molecule has 1 aliphatic carbocycles. The van der Waals surface area contributed by atoms with Gasteiger partial charge in [-0.15, -0.1) is 0 Å². The molecule has 1 aliphatic heterocycles. The molecule has 0 amide bonds. The van der Waals surface area contributed by atoms with Gasteiger partial charge in [-0.1, -0.05) is 118 Å². The zero-order valence-electron chi connectivity index (χ0n) is 32.9. The predicted octanol–water partition coefficient (Wildman–Crippen LogP) is 13.6. The summed E-state index contributed by atoms with van der Waals surface area (Å²) in [7, 11) is 2.15. The largest absolute Gasteiger partial charge is 0.341 e. The van der Waals surface area contributed by atoms with Gasteiger partial charge >= 0.3 is 0 Å². The quantitative estimate of drug-likeness (QED) is 0.152. The highest BCUT2D eigenvalue weighted by atomic mass is 16.1. The zero-order chi connectivity index (χ0) is 39.7. The van der Waals surface area contributed by atoms with Crippen LogP contribution in [0.3, 0.4) is 0 Å². The third kappa shape index (κ3) is 5.20. The number of rotatable bonds is 7. The molecule has 5 nitrogen and oxygen atoms in total. The van der Waals surface area contributed by atoms with E-state index in [1.807, 2.05) is 48.6 Å². The molecule has 0 atom stereocenters. The van der Waals surface area contributed by atoms with Crippen molar-refractivity contribution in [3.63, 3.8) is 0 Å². The molecular weight excluding hydrogens is 709 g/mol. The molecule has 58 heavy (non-hydrogen) atoms. The highest BCUT2D eigenvalue weighted by molar-refractivity contribution is 6.16. The maximum atomic E-state index is 14.5. The van der Waals surface area contributed by atoms with Crippen molar-refractivity contribution in [2.45, 2.75) is 19.3 Å². The SMILES string of the molecule is C=C/C=C(\C=C)N(c1ccccc1)c1ccc2c(c1)N(c1ccc3c(c1)C(=O)c1ccccc1C3(C)C)c1cc3c(cc1N2C)c1ccccc1n3-c1ccccc1. The topological polar surface area (TPSA) is 31.7 Å². The average molecular weight is 751 g/mol. The number of aromatic nitrogens is 1. The Labute approximate surface area is 339 Å². The van der Waals surface area contributed by atoms with E-state index in [9.17, 15) is 4.79 Å². The summed E-state index contributed by atoms with van der Waals surface area (Å²) in [5, 5.41) is 2.36. The van der Waals surface area contributed by atoms with Crippen molar-refractivity contribution < 1.29 is 4.79 Å². The van der Waals surface area contributed by atoms with Gasteiger partial charge in [0.2, 0.25) is 0 Å². The normalized spacial score (nSPS) is 14.1. The fourth-order valence-corrected chi connectivity index (χ4v) is 9.25. The van der Waals surface area contributed by atoms with E-state index in [1.54, 1.807) is 6.08 Å². The summed E-state index contributed by atoms with van der Waals surface area (Å²) in [6.07, 6.45) is 5.64. The summed E-state index contributed by atoms with van der Waals surface area (Å²) >= 11 is 0. The Morgan fingerprint density at radius 3 is 2.05 bits per heavy atom. The van der Waals surface area contributed by atoms with Gasteiger partial charge in [0.25, 0.3) is 0 Å². The Morgan fingerprint density at radius 2 is 1.28 bits per heavy atom. The molecule has 5 heteroatoms. The van der Waals surface area contributed by atoms with Gasteiger partial charge in [-0.25, -0.2) is 0 Å². The first-order valence-electron chi connectivity index (χ1n) is 19.7. The Morgan fingerprint density at radius 1 is 0.586 bits per heavy atom. The van der Waals surface area contributed by atoms with Crippen molar-refractivity contribution >= 4 is 67.4 Å². The van der Waals surface area contributed by atoms with Crippen LogP contribution < -0.4 is 14.7 Å². The minimum atomic E-state index is -0.346. The Balaban J connectivity index is 1.26. The fourth-order valence-electron chi connectivity index (χ4n) is 9.25. The third-order valence-electron chi connectivity index (χ3n) is 12.0. The first-order valence-corrected chi connectivity index (χ1v) is 19.7. The van der Waals surface area contributed by atoms with Crippen LogP contribution in [0.5, 0.6) is 0 Å². The van der Waals surface area contributed by atoms with Gasteiger partial charge in [0.05, 0.1) is 33.8 Å². The van der Waals surface area contributed by atoms with Gasteiger partial charge in [0.1, 0.15) is 0 Å². The second kappa shape index (κ2) is 13.4. The standard InChI is InChI=1S/C53H42N4O/c1-6-18-35(7-2)55(36-19-10-8-11-20-36)39-28-30-47-50(32-39)57(38-27-29-45-43(31-38)52(58)41-24-14-16-25-44(41)53(45,3)4)51-34-48-42(33-49(51)54(47)5)40-23-15-17-26-46(40)56(48)37-21-12-9-13-22-37/h6-34H,1-2H2,3-5H3/b35-18+. The molecule has 7 aromatic carbocycles. The second-order valence-corrected chi connectivity index (χ2v) is 15.5. The van der Waals surface area contributed by atoms with Crippen LogP contribution in [0.15, 0.2) is 195 Å².